The van der Waals surface area contributed by atoms with Crippen molar-refractivity contribution in [1.82, 2.24) is 20.5 Å². The zero-order chi connectivity index (χ0) is 33.9. The van der Waals surface area contributed by atoms with Gasteiger partial charge in [0, 0.05) is 29.7 Å². The molecule has 0 aliphatic heterocycles. The molecular formula is C25H21ClF6N6O6S. The maximum atomic E-state index is 13.0. The van der Waals surface area contributed by atoms with Crippen LogP contribution in [0.3, 0.4) is 0 Å². The van der Waals surface area contributed by atoms with Gasteiger partial charge in [0.25, 0.3) is 5.91 Å². The summed E-state index contributed by atoms with van der Waals surface area (Å²) in [7, 11) is 0. The van der Waals surface area contributed by atoms with Gasteiger partial charge in [-0.25, -0.2) is 14.6 Å². The minimum atomic E-state index is -5.08. The fraction of sp³-hybridized carbons (Fsp3) is 0.200. The van der Waals surface area contributed by atoms with E-state index in [-0.39, 0.29) is 18.9 Å². The number of hydrogen-bond acceptors (Lipinski definition) is 8. The SMILES string of the molecule is NCCC(=O)NC(C(=O)Nc1nc2ccc(-c3cn[nH]c3)cc2s1)c1ccc(Cl)cc1.O=C(O)C(F)(F)F.O=C(O)C(F)(F)F. The number of aliphatic carboxylic acids is 2. The fourth-order valence-corrected chi connectivity index (χ4v) is 4.10. The highest BCUT2D eigenvalue weighted by molar-refractivity contribution is 7.22. The summed E-state index contributed by atoms with van der Waals surface area (Å²) in [5.74, 6) is -6.23. The van der Waals surface area contributed by atoms with Gasteiger partial charge in [0.2, 0.25) is 5.91 Å². The Hall–Kier alpha value is -4.75. The van der Waals surface area contributed by atoms with Crippen LogP contribution in [0, 0.1) is 0 Å². The van der Waals surface area contributed by atoms with Gasteiger partial charge in [-0.3, -0.25) is 20.0 Å². The van der Waals surface area contributed by atoms with Crippen LogP contribution in [0.15, 0.2) is 54.9 Å². The Balaban J connectivity index is 0.000000421. The Kier molecular flexibility index (Phi) is 12.8. The Morgan fingerprint density at radius 2 is 1.53 bits per heavy atom. The second-order valence-electron chi connectivity index (χ2n) is 8.37. The van der Waals surface area contributed by atoms with Crippen LogP contribution in [0.4, 0.5) is 31.5 Å². The van der Waals surface area contributed by atoms with Crippen LogP contribution in [0.25, 0.3) is 21.3 Å². The van der Waals surface area contributed by atoms with Crippen molar-refractivity contribution in [3.8, 4) is 11.1 Å². The molecule has 0 saturated heterocycles. The number of H-pyrrole nitrogens is 1. The number of anilines is 1. The minimum Gasteiger partial charge on any atom is -0.475 e. The number of aromatic nitrogens is 3. The lowest BCUT2D eigenvalue weighted by molar-refractivity contribution is -0.193. The summed E-state index contributed by atoms with van der Waals surface area (Å²) in [5.41, 5.74) is 8.79. The van der Waals surface area contributed by atoms with Crippen molar-refractivity contribution in [2.45, 2.75) is 24.8 Å². The number of nitrogens with one attached hydrogen (secondary N) is 3. The van der Waals surface area contributed by atoms with Crippen molar-refractivity contribution < 1.29 is 55.7 Å². The van der Waals surface area contributed by atoms with Gasteiger partial charge >= 0.3 is 24.3 Å². The van der Waals surface area contributed by atoms with Crippen molar-refractivity contribution in [2.24, 2.45) is 5.73 Å². The number of fused-ring (bicyclic) bond motifs is 1. The summed E-state index contributed by atoms with van der Waals surface area (Å²) in [4.78, 5) is 47.4. The summed E-state index contributed by atoms with van der Waals surface area (Å²) in [6.45, 7) is 0.192. The molecule has 12 nitrogen and oxygen atoms in total. The highest BCUT2D eigenvalue weighted by Crippen LogP contribution is 2.31. The van der Waals surface area contributed by atoms with Crippen molar-refractivity contribution in [3.05, 3.63) is 65.4 Å². The Morgan fingerprint density at radius 1 is 0.956 bits per heavy atom. The van der Waals surface area contributed by atoms with E-state index >= 15 is 0 Å². The van der Waals surface area contributed by atoms with Crippen LogP contribution in [-0.2, 0) is 19.2 Å². The van der Waals surface area contributed by atoms with Gasteiger partial charge in [0.1, 0.15) is 6.04 Å². The first-order chi connectivity index (χ1) is 20.9. The number of hydrogen-bond donors (Lipinski definition) is 6. The number of alkyl halides is 6. The van der Waals surface area contributed by atoms with Gasteiger partial charge < -0.3 is 21.3 Å². The molecule has 1 atom stereocenters. The lowest BCUT2D eigenvalue weighted by Crippen LogP contribution is -2.37. The number of aromatic amines is 1. The van der Waals surface area contributed by atoms with Gasteiger partial charge in [-0.05, 0) is 35.4 Å². The summed E-state index contributed by atoms with van der Waals surface area (Å²) in [5, 5.41) is 27.5. The van der Waals surface area contributed by atoms with Crippen molar-refractivity contribution in [1.29, 1.82) is 0 Å². The van der Waals surface area contributed by atoms with Crippen LogP contribution >= 0.6 is 22.9 Å². The van der Waals surface area contributed by atoms with E-state index < -0.39 is 36.2 Å². The first-order valence-corrected chi connectivity index (χ1v) is 13.2. The van der Waals surface area contributed by atoms with Gasteiger partial charge in [0.15, 0.2) is 5.13 Å². The second-order valence-corrected chi connectivity index (χ2v) is 9.84. The normalized spacial score (nSPS) is 11.7. The Morgan fingerprint density at radius 3 is 2.02 bits per heavy atom. The average Bonchev–Trinajstić information content (AvgIpc) is 3.62. The molecule has 242 valence electrons. The largest absolute Gasteiger partial charge is 0.490 e. The quantitative estimate of drug-likeness (QED) is 0.149. The first kappa shape index (κ1) is 36.4. The summed E-state index contributed by atoms with van der Waals surface area (Å²) < 4.78 is 64.4. The number of thiazole rings is 1. The van der Waals surface area contributed by atoms with E-state index in [0.29, 0.717) is 15.7 Å². The molecule has 4 aromatic rings. The number of carbonyl (C=O) groups is 4. The highest BCUT2D eigenvalue weighted by Gasteiger charge is 2.38. The van der Waals surface area contributed by atoms with Crippen LogP contribution in [0.1, 0.15) is 18.0 Å². The van der Waals surface area contributed by atoms with E-state index in [9.17, 15) is 35.9 Å². The van der Waals surface area contributed by atoms with E-state index in [4.69, 9.17) is 37.1 Å². The Labute approximate surface area is 257 Å². The van der Waals surface area contributed by atoms with Crippen LogP contribution in [0.2, 0.25) is 5.02 Å². The van der Waals surface area contributed by atoms with Crippen molar-refractivity contribution >= 4 is 62.0 Å². The fourth-order valence-electron chi connectivity index (χ4n) is 3.06. The van der Waals surface area contributed by atoms with Gasteiger partial charge in [-0.1, -0.05) is 41.1 Å². The molecule has 0 aliphatic carbocycles. The molecule has 2 aromatic heterocycles. The van der Waals surface area contributed by atoms with Crippen LogP contribution in [0.5, 0.6) is 0 Å². The maximum Gasteiger partial charge on any atom is 0.490 e. The number of nitrogens with two attached hydrogens (primary N) is 1. The lowest BCUT2D eigenvalue weighted by Gasteiger charge is -2.18. The Bertz CT molecular complexity index is 1590. The predicted molar refractivity (Wildman–Crippen MR) is 149 cm³/mol. The van der Waals surface area contributed by atoms with E-state index in [0.717, 1.165) is 21.3 Å². The zero-order valence-electron chi connectivity index (χ0n) is 22.2. The molecule has 0 aliphatic rings. The summed E-state index contributed by atoms with van der Waals surface area (Å²) in [6, 6.07) is 11.7. The molecule has 0 bridgehead atoms. The third-order valence-electron chi connectivity index (χ3n) is 5.08. The van der Waals surface area contributed by atoms with E-state index in [1.165, 1.54) is 11.3 Å². The molecule has 0 spiro atoms. The molecule has 7 N–H and O–H groups in total. The second kappa shape index (κ2) is 15.8. The topological polar surface area (TPSA) is 200 Å². The molecule has 0 saturated carbocycles. The third-order valence-corrected chi connectivity index (χ3v) is 6.26. The van der Waals surface area contributed by atoms with Crippen LogP contribution in [-0.4, -0.2) is 68.0 Å². The molecular weight excluding hydrogens is 662 g/mol. The molecule has 2 heterocycles. The number of benzene rings is 2. The molecule has 45 heavy (non-hydrogen) atoms. The summed E-state index contributed by atoms with van der Waals surface area (Å²) in [6.07, 6.45) is -6.49. The van der Waals surface area contributed by atoms with E-state index in [2.05, 4.69) is 25.8 Å². The predicted octanol–water partition coefficient (Wildman–Crippen LogP) is 4.75. The number of carboxylic acid groups (broad SMARTS) is 2. The third kappa shape index (κ3) is 11.7. The van der Waals surface area contributed by atoms with Crippen molar-refractivity contribution in [2.75, 3.05) is 11.9 Å². The van der Waals surface area contributed by atoms with Crippen molar-refractivity contribution in [3.63, 3.8) is 0 Å². The zero-order valence-corrected chi connectivity index (χ0v) is 23.8. The van der Waals surface area contributed by atoms with Gasteiger partial charge in [-0.15, -0.1) is 0 Å². The molecule has 4 rings (SSSR count). The molecule has 1 unspecified atom stereocenters. The molecule has 0 radical (unpaired) electrons. The smallest absolute Gasteiger partial charge is 0.475 e. The van der Waals surface area contributed by atoms with Gasteiger partial charge in [-0.2, -0.15) is 31.4 Å². The highest BCUT2D eigenvalue weighted by atomic mass is 35.5. The first-order valence-electron chi connectivity index (χ1n) is 12.0. The number of rotatable bonds is 7. The molecule has 0 fully saturated rings. The molecule has 20 heteroatoms. The molecule has 2 amide bonds. The van der Waals surface area contributed by atoms with E-state index in [1.807, 2.05) is 24.4 Å². The number of halogens is 7. The summed E-state index contributed by atoms with van der Waals surface area (Å²) >= 11 is 7.31. The number of amides is 2. The number of carboxylic acids is 2. The van der Waals surface area contributed by atoms with Gasteiger partial charge in [0.05, 0.1) is 16.4 Å². The number of nitrogens with zero attached hydrogens (tertiary/aromatic N) is 2. The average molecular weight is 683 g/mol. The molecule has 2 aromatic carbocycles. The maximum absolute atomic E-state index is 13.0. The van der Waals surface area contributed by atoms with E-state index in [1.54, 1.807) is 30.5 Å². The van der Waals surface area contributed by atoms with Crippen LogP contribution < -0.4 is 16.4 Å². The number of carbonyl (C=O) groups excluding carboxylic acids is 2. The standard InChI is InChI=1S/C21H19ClN6O2S.2C2HF3O2/c22-15-4-1-12(2-5-15)19(27-18(29)7-8-23)20(30)28-21-26-16-6-3-13(9-17(16)31-21)14-10-24-25-11-14;2*3-2(4,5)1(6)7/h1-6,9-11,19H,7-8,23H2,(H,24,25)(H,27,29)(H,26,28,30);2*(H,6,7). The monoisotopic (exact) mass is 682 g/mol. The lowest BCUT2D eigenvalue weighted by atomic mass is 10.1. The minimum absolute atomic E-state index is 0.120.